The smallest absolute Gasteiger partial charge is 0.268 e. The maximum Gasteiger partial charge on any atom is 0.268 e. The van der Waals surface area contributed by atoms with Crippen molar-refractivity contribution in [2.24, 2.45) is 0 Å². The van der Waals surface area contributed by atoms with E-state index in [0.29, 0.717) is 4.88 Å². The molecule has 1 aromatic heterocycles. The predicted octanol–water partition coefficient (Wildman–Crippen LogP) is 3.62. The topological polar surface area (TPSA) is 20.3 Å². The summed E-state index contributed by atoms with van der Waals surface area (Å²) >= 11 is 5.63. The lowest BCUT2D eigenvalue weighted by Crippen LogP contribution is -2.26. The number of carbonyl (C=O) groups is 1. The number of para-hydroxylation sites is 1. The van der Waals surface area contributed by atoms with Crippen molar-refractivity contribution in [3.8, 4) is 0 Å². The monoisotopic (exact) mass is 263 g/mol. The first-order valence-corrected chi connectivity index (χ1v) is 6.53. The van der Waals surface area contributed by atoms with E-state index in [1.54, 1.807) is 18.0 Å². The van der Waals surface area contributed by atoms with Crippen LogP contribution in [0.1, 0.15) is 15.2 Å². The fourth-order valence-corrected chi connectivity index (χ4v) is 2.78. The molecule has 0 saturated carbocycles. The van der Waals surface area contributed by atoms with Crippen LogP contribution in [0.25, 0.3) is 0 Å². The maximum absolute atomic E-state index is 12.2. The number of carbonyl (C=O) groups excluding carboxylic acids is 1. The van der Waals surface area contributed by atoms with Gasteiger partial charge in [0.15, 0.2) is 0 Å². The molecule has 0 atom stereocenters. The molecule has 1 amide bonds. The van der Waals surface area contributed by atoms with E-state index in [-0.39, 0.29) is 5.91 Å². The third-order valence-corrected chi connectivity index (χ3v) is 3.93. The highest BCUT2D eigenvalue weighted by atomic mass is 32.1. The van der Waals surface area contributed by atoms with Crippen LogP contribution in [0.3, 0.4) is 0 Å². The van der Waals surface area contributed by atoms with Gasteiger partial charge in [-0.1, -0.05) is 18.2 Å². The van der Waals surface area contributed by atoms with Gasteiger partial charge >= 0.3 is 0 Å². The van der Waals surface area contributed by atoms with Gasteiger partial charge < -0.3 is 4.90 Å². The van der Waals surface area contributed by atoms with Gasteiger partial charge in [-0.05, 0) is 24.6 Å². The number of amides is 1. The van der Waals surface area contributed by atoms with E-state index in [1.165, 1.54) is 11.3 Å². The second-order valence-corrected chi connectivity index (χ2v) is 5.25. The Balaban J connectivity index is 2.29. The molecule has 88 valence electrons. The van der Waals surface area contributed by atoms with Crippen molar-refractivity contribution in [1.29, 1.82) is 0 Å². The molecule has 0 unspecified atom stereocenters. The predicted molar refractivity (Wildman–Crippen MR) is 75.5 cm³/mol. The summed E-state index contributed by atoms with van der Waals surface area (Å²) in [7, 11) is 1.79. The molecule has 0 aliphatic heterocycles. The molecule has 2 aromatic rings. The van der Waals surface area contributed by atoms with Crippen LogP contribution in [0.4, 0.5) is 5.69 Å². The molecule has 0 radical (unpaired) electrons. The van der Waals surface area contributed by atoms with E-state index < -0.39 is 0 Å². The first-order chi connectivity index (χ1) is 8.09. The van der Waals surface area contributed by atoms with Crippen molar-refractivity contribution in [1.82, 2.24) is 0 Å². The third-order valence-electron chi connectivity index (χ3n) is 2.58. The number of anilines is 1. The lowest BCUT2D eigenvalue weighted by atomic mass is 10.2. The Bertz CT molecular complexity index is 548. The number of benzene rings is 1. The molecule has 4 heteroatoms. The van der Waals surface area contributed by atoms with Gasteiger partial charge in [0.05, 0.1) is 4.88 Å². The number of hydrogen-bond acceptors (Lipinski definition) is 3. The van der Waals surface area contributed by atoms with Crippen LogP contribution in [0, 0.1) is 6.92 Å². The van der Waals surface area contributed by atoms with E-state index in [2.05, 4.69) is 12.6 Å². The van der Waals surface area contributed by atoms with Crippen LogP contribution < -0.4 is 4.90 Å². The van der Waals surface area contributed by atoms with E-state index in [1.807, 2.05) is 36.6 Å². The fraction of sp³-hybridized carbons (Fsp3) is 0.154. The minimum Gasteiger partial charge on any atom is -0.310 e. The Morgan fingerprint density at radius 3 is 2.65 bits per heavy atom. The van der Waals surface area contributed by atoms with Crippen molar-refractivity contribution in [2.75, 3.05) is 11.9 Å². The molecule has 0 aliphatic rings. The van der Waals surface area contributed by atoms with Crippen LogP contribution in [-0.2, 0) is 0 Å². The number of aryl methyl sites for hydroxylation is 1. The number of nitrogens with zero attached hydrogens (tertiary/aromatic N) is 1. The van der Waals surface area contributed by atoms with Crippen LogP contribution in [0.5, 0.6) is 0 Å². The highest BCUT2D eigenvalue weighted by Gasteiger charge is 2.16. The van der Waals surface area contributed by atoms with Gasteiger partial charge in [0.2, 0.25) is 0 Å². The van der Waals surface area contributed by atoms with E-state index in [9.17, 15) is 4.79 Å². The first-order valence-electron chi connectivity index (χ1n) is 5.21. The van der Waals surface area contributed by atoms with Crippen LogP contribution in [0.15, 0.2) is 40.6 Å². The Kier molecular flexibility index (Phi) is 3.54. The Hall–Kier alpha value is -1.26. The maximum atomic E-state index is 12.2. The van der Waals surface area contributed by atoms with Gasteiger partial charge in [0.1, 0.15) is 0 Å². The zero-order valence-corrected chi connectivity index (χ0v) is 11.4. The standard InChI is InChI=1S/C13H13NOS2/c1-9-5-3-4-6-11(9)14(2)13(15)12-7-10(16)8-17-12/h3-8,16H,1-2H3. The Labute approximate surface area is 110 Å². The molecule has 0 saturated heterocycles. The molecule has 1 heterocycles. The van der Waals surface area contributed by atoms with Gasteiger partial charge in [0, 0.05) is 23.0 Å². The Morgan fingerprint density at radius 1 is 1.35 bits per heavy atom. The highest BCUT2D eigenvalue weighted by molar-refractivity contribution is 7.80. The summed E-state index contributed by atoms with van der Waals surface area (Å²) in [6, 6.07) is 9.64. The van der Waals surface area contributed by atoms with Crippen molar-refractivity contribution in [2.45, 2.75) is 11.8 Å². The number of thiophene rings is 1. The van der Waals surface area contributed by atoms with Gasteiger partial charge in [-0.15, -0.1) is 24.0 Å². The minimum absolute atomic E-state index is 0.00426. The molecule has 0 aliphatic carbocycles. The lowest BCUT2D eigenvalue weighted by Gasteiger charge is -2.18. The molecule has 2 rings (SSSR count). The van der Waals surface area contributed by atoms with E-state index in [0.717, 1.165) is 16.1 Å². The number of rotatable bonds is 2. The first kappa shape index (κ1) is 12.2. The third kappa shape index (κ3) is 2.53. The van der Waals surface area contributed by atoms with Crippen molar-refractivity contribution in [3.63, 3.8) is 0 Å². The lowest BCUT2D eigenvalue weighted by molar-refractivity contribution is 0.0996. The SMILES string of the molecule is Cc1ccccc1N(C)C(=O)c1cc(S)cs1. The minimum atomic E-state index is 0.00426. The molecule has 2 nitrogen and oxygen atoms in total. The summed E-state index contributed by atoms with van der Waals surface area (Å²) in [5, 5.41) is 1.86. The molecule has 1 aromatic carbocycles. The fourth-order valence-electron chi connectivity index (χ4n) is 1.65. The largest absolute Gasteiger partial charge is 0.310 e. The van der Waals surface area contributed by atoms with Crippen LogP contribution in [0.2, 0.25) is 0 Å². The molecule has 0 bridgehead atoms. The average molecular weight is 263 g/mol. The highest BCUT2D eigenvalue weighted by Crippen LogP contribution is 2.23. The summed E-state index contributed by atoms with van der Waals surface area (Å²) in [5.41, 5.74) is 2.03. The van der Waals surface area contributed by atoms with Gasteiger partial charge in [0.25, 0.3) is 5.91 Å². The molecule has 0 spiro atoms. The molecular formula is C13H13NOS2. The van der Waals surface area contributed by atoms with Crippen molar-refractivity contribution >= 4 is 35.6 Å². The molecule has 0 N–H and O–H groups in total. The van der Waals surface area contributed by atoms with Crippen molar-refractivity contribution in [3.05, 3.63) is 46.2 Å². The summed E-state index contributed by atoms with van der Waals surface area (Å²) < 4.78 is 0. The molecular weight excluding hydrogens is 250 g/mol. The Morgan fingerprint density at radius 2 is 2.06 bits per heavy atom. The van der Waals surface area contributed by atoms with Gasteiger partial charge in [-0.3, -0.25) is 4.79 Å². The van der Waals surface area contributed by atoms with Gasteiger partial charge in [-0.25, -0.2) is 0 Å². The average Bonchev–Trinajstić information content (AvgIpc) is 2.75. The van der Waals surface area contributed by atoms with Crippen LogP contribution >= 0.6 is 24.0 Å². The normalized spacial score (nSPS) is 10.3. The summed E-state index contributed by atoms with van der Waals surface area (Å²) in [5.74, 6) is 0.00426. The van der Waals surface area contributed by atoms with E-state index in [4.69, 9.17) is 0 Å². The van der Waals surface area contributed by atoms with Crippen LogP contribution in [-0.4, -0.2) is 13.0 Å². The second kappa shape index (κ2) is 4.94. The zero-order chi connectivity index (χ0) is 12.4. The number of thiol groups is 1. The molecule has 17 heavy (non-hydrogen) atoms. The van der Waals surface area contributed by atoms with E-state index >= 15 is 0 Å². The second-order valence-electron chi connectivity index (χ2n) is 3.82. The summed E-state index contributed by atoms with van der Waals surface area (Å²) in [4.78, 5) is 15.4. The zero-order valence-electron chi connectivity index (χ0n) is 9.68. The quantitative estimate of drug-likeness (QED) is 0.821. The summed E-state index contributed by atoms with van der Waals surface area (Å²) in [6.45, 7) is 2.00. The molecule has 0 fully saturated rings. The van der Waals surface area contributed by atoms with Crippen molar-refractivity contribution < 1.29 is 4.79 Å². The number of hydrogen-bond donors (Lipinski definition) is 1. The summed E-state index contributed by atoms with van der Waals surface area (Å²) in [6.07, 6.45) is 0. The van der Waals surface area contributed by atoms with Gasteiger partial charge in [-0.2, -0.15) is 0 Å².